The maximum absolute atomic E-state index is 11.8. The first kappa shape index (κ1) is 14.6. The van der Waals surface area contributed by atoms with Gasteiger partial charge in [-0.3, -0.25) is 4.79 Å². The fourth-order valence-corrected chi connectivity index (χ4v) is 2.07. The summed E-state index contributed by atoms with van der Waals surface area (Å²) in [6.07, 6.45) is 0. The Bertz CT molecular complexity index is 572. The van der Waals surface area contributed by atoms with E-state index in [4.69, 9.17) is 11.6 Å². The number of halogens is 1. The molecule has 1 unspecified atom stereocenters. The van der Waals surface area contributed by atoms with Crippen molar-refractivity contribution in [2.45, 2.75) is 13.0 Å². The number of hydrogen-bond acceptors (Lipinski definition) is 2. The molecule has 0 aliphatic carbocycles. The molecule has 4 heteroatoms. The van der Waals surface area contributed by atoms with Crippen molar-refractivity contribution in [1.82, 2.24) is 5.32 Å². The molecule has 2 aromatic carbocycles. The molecular formula is C16H17ClN2O. The van der Waals surface area contributed by atoms with E-state index in [0.29, 0.717) is 10.7 Å². The van der Waals surface area contributed by atoms with Crippen LogP contribution in [0, 0.1) is 0 Å². The van der Waals surface area contributed by atoms with Crippen LogP contribution in [-0.2, 0) is 4.79 Å². The third-order valence-corrected chi connectivity index (χ3v) is 3.21. The number of carbonyl (C=O) groups excluding carboxylic acids is 1. The third kappa shape index (κ3) is 4.37. The van der Waals surface area contributed by atoms with Gasteiger partial charge in [-0.05, 0) is 30.7 Å². The van der Waals surface area contributed by atoms with Crippen LogP contribution < -0.4 is 10.6 Å². The van der Waals surface area contributed by atoms with Crippen LogP contribution in [0.15, 0.2) is 54.6 Å². The Hall–Kier alpha value is -1.84. The SMILES string of the molecule is CC(NCC(=O)Nc1cccc(Cl)c1)c1ccccc1. The van der Waals surface area contributed by atoms with E-state index in [1.54, 1.807) is 18.2 Å². The van der Waals surface area contributed by atoms with Gasteiger partial charge in [-0.1, -0.05) is 48.0 Å². The normalized spacial score (nSPS) is 11.9. The second-order valence-corrected chi connectivity index (χ2v) is 5.01. The Balaban J connectivity index is 1.83. The van der Waals surface area contributed by atoms with Crippen LogP contribution in [0.1, 0.15) is 18.5 Å². The maximum Gasteiger partial charge on any atom is 0.238 e. The number of rotatable bonds is 5. The molecule has 0 aliphatic heterocycles. The van der Waals surface area contributed by atoms with Crippen LogP contribution >= 0.6 is 11.6 Å². The Labute approximate surface area is 124 Å². The fraction of sp³-hybridized carbons (Fsp3) is 0.188. The van der Waals surface area contributed by atoms with Gasteiger partial charge in [0.2, 0.25) is 5.91 Å². The van der Waals surface area contributed by atoms with E-state index >= 15 is 0 Å². The van der Waals surface area contributed by atoms with Gasteiger partial charge in [0.15, 0.2) is 0 Å². The fourth-order valence-electron chi connectivity index (χ4n) is 1.88. The van der Waals surface area contributed by atoms with Gasteiger partial charge in [0.1, 0.15) is 0 Å². The van der Waals surface area contributed by atoms with Crippen molar-refractivity contribution in [1.29, 1.82) is 0 Å². The van der Waals surface area contributed by atoms with E-state index in [0.717, 1.165) is 5.56 Å². The second kappa shape index (κ2) is 7.08. The van der Waals surface area contributed by atoms with E-state index in [-0.39, 0.29) is 18.5 Å². The Morgan fingerprint density at radius 3 is 2.60 bits per heavy atom. The minimum absolute atomic E-state index is 0.0879. The van der Waals surface area contributed by atoms with E-state index in [1.165, 1.54) is 0 Å². The summed E-state index contributed by atoms with van der Waals surface area (Å²) in [4.78, 5) is 11.8. The molecule has 2 rings (SSSR count). The largest absolute Gasteiger partial charge is 0.325 e. The molecule has 2 aromatic rings. The first-order valence-corrected chi connectivity index (χ1v) is 6.86. The molecule has 104 valence electrons. The van der Waals surface area contributed by atoms with Gasteiger partial charge in [0.25, 0.3) is 0 Å². The summed E-state index contributed by atoms with van der Waals surface area (Å²) >= 11 is 5.87. The Morgan fingerprint density at radius 1 is 1.15 bits per heavy atom. The van der Waals surface area contributed by atoms with Crippen molar-refractivity contribution in [3.05, 3.63) is 65.2 Å². The molecule has 0 fully saturated rings. The van der Waals surface area contributed by atoms with Gasteiger partial charge in [-0.25, -0.2) is 0 Å². The van der Waals surface area contributed by atoms with Gasteiger partial charge in [-0.15, -0.1) is 0 Å². The van der Waals surface area contributed by atoms with Crippen LogP contribution in [0.25, 0.3) is 0 Å². The molecule has 0 saturated carbocycles. The van der Waals surface area contributed by atoms with Gasteiger partial charge in [0.05, 0.1) is 6.54 Å². The molecule has 0 saturated heterocycles. The van der Waals surface area contributed by atoms with Crippen molar-refractivity contribution < 1.29 is 4.79 Å². The number of hydrogen-bond donors (Lipinski definition) is 2. The van der Waals surface area contributed by atoms with Crippen LogP contribution in [0.3, 0.4) is 0 Å². The minimum Gasteiger partial charge on any atom is -0.325 e. The summed E-state index contributed by atoms with van der Waals surface area (Å²) in [6, 6.07) is 17.2. The van der Waals surface area contributed by atoms with Crippen molar-refractivity contribution in [3.8, 4) is 0 Å². The van der Waals surface area contributed by atoms with Crippen molar-refractivity contribution in [3.63, 3.8) is 0 Å². The highest BCUT2D eigenvalue weighted by Crippen LogP contribution is 2.15. The predicted molar refractivity (Wildman–Crippen MR) is 82.9 cm³/mol. The molecule has 20 heavy (non-hydrogen) atoms. The first-order chi connectivity index (χ1) is 9.65. The number of nitrogens with one attached hydrogen (secondary N) is 2. The first-order valence-electron chi connectivity index (χ1n) is 6.49. The lowest BCUT2D eigenvalue weighted by Crippen LogP contribution is -2.30. The quantitative estimate of drug-likeness (QED) is 0.882. The zero-order valence-electron chi connectivity index (χ0n) is 11.3. The number of benzene rings is 2. The zero-order valence-corrected chi connectivity index (χ0v) is 12.0. The average molecular weight is 289 g/mol. The van der Waals surface area contributed by atoms with E-state index in [9.17, 15) is 4.79 Å². The third-order valence-electron chi connectivity index (χ3n) is 2.98. The molecule has 1 amide bonds. The molecule has 0 aromatic heterocycles. The van der Waals surface area contributed by atoms with Gasteiger partial charge >= 0.3 is 0 Å². The van der Waals surface area contributed by atoms with Crippen LogP contribution in [0.4, 0.5) is 5.69 Å². The molecule has 2 N–H and O–H groups in total. The lowest BCUT2D eigenvalue weighted by Gasteiger charge is -2.14. The van der Waals surface area contributed by atoms with Gasteiger partial charge in [0, 0.05) is 16.8 Å². The molecule has 0 radical (unpaired) electrons. The van der Waals surface area contributed by atoms with Gasteiger partial charge in [-0.2, -0.15) is 0 Å². The van der Waals surface area contributed by atoms with E-state index < -0.39 is 0 Å². The van der Waals surface area contributed by atoms with E-state index in [1.807, 2.05) is 43.3 Å². The monoisotopic (exact) mass is 288 g/mol. The molecule has 0 heterocycles. The van der Waals surface area contributed by atoms with Gasteiger partial charge < -0.3 is 10.6 Å². The summed E-state index contributed by atoms with van der Waals surface area (Å²) in [5.74, 6) is -0.0879. The van der Waals surface area contributed by atoms with Crippen LogP contribution in [0.5, 0.6) is 0 Å². The summed E-state index contributed by atoms with van der Waals surface area (Å²) in [7, 11) is 0. The number of amides is 1. The van der Waals surface area contributed by atoms with Crippen LogP contribution in [-0.4, -0.2) is 12.5 Å². The van der Waals surface area contributed by atoms with Crippen molar-refractivity contribution >= 4 is 23.2 Å². The summed E-state index contributed by atoms with van der Waals surface area (Å²) in [5.41, 5.74) is 1.86. The Morgan fingerprint density at radius 2 is 1.90 bits per heavy atom. The standard InChI is InChI=1S/C16H17ClN2O/c1-12(13-6-3-2-4-7-13)18-11-16(20)19-15-9-5-8-14(17)10-15/h2-10,12,18H,11H2,1H3,(H,19,20). The molecule has 3 nitrogen and oxygen atoms in total. The maximum atomic E-state index is 11.8. The molecule has 0 aliphatic rings. The topological polar surface area (TPSA) is 41.1 Å². The Kier molecular flexibility index (Phi) is 5.16. The zero-order chi connectivity index (χ0) is 14.4. The molecule has 0 spiro atoms. The average Bonchev–Trinajstić information content (AvgIpc) is 2.46. The smallest absolute Gasteiger partial charge is 0.238 e. The lowest BCUT2D eigenvalue weighted by molar-refractivity contribution is -0.115. The summed E-state index contributed by atoms with van der Waals surface area (Å²) < 4.78 is 0. The van der Waals surface area contributed by atoms with Crippen molar-refractivity contribution in [2.24, 2.45) is 0 Å². The molecule has 1 atom stereocenters. The molecular weight excluding hydrogens is 272 g/mol. The molecule has 0 bridgehead atoms. The van der Waals surface area contributed by atoms with Crippen LogP contribution in [0.2, 0.25) is 5.02 Å². The predicted octanol–water partition coefficient (Wildman–Crippen LogP) is 3.63. The summed E-state index contributed by atoms with van der Waals surface area (Å²) in [6.45, 7) is 2.28. The highest BCUT2D eigenvalue weighted by atomic mass is 35.5. The summed E-state index contributed by atoms with van der Waals surface area (Å²) in [5, 5.41) is 6.60. The highest BCUT2D eigenvalue weighted by Gasteiger charge is 2.07. The van der Waals surface area contributed by atoms with Crippen molar-refractivity contribution in [2.75, 3.05) is 11.9 Å². The minimum atomic E-state index is -0.0879. The highest BCUT2D eigenvalue weighted by molar-refractivity contribution is 6.30. The second-order valence-electron chi connectivity index (χ2n) is 4.57. The van der Waals surface area contributed by atoms with E-state index in [2.05, 4.69) is 10.6 Å². The lowest BCUT2D eigenvalue weighted by atomic mass is 10.1. The number of anilines is 1. The number of carbonyl (C=O) groups is 1.